The van der Waals surface area contributed by atoms with Crippen LogP contribution in [0.3, 0.4) is 0 Å². The first-order valence-electron chi connectivity index (χ1n) is 7.61. The van der Waals surface area contributed by atoms with Gasteiger partial charge in [-0.05, 0) is 28.2 Å². The highest BCUT2D eigenvalue weighted by Crippen LogP contribution is 2.22. The topological polar surface area (TPSA) is 103 Å². The molecule has 0 saturated carbocycles. The minimum absolute atomic E-state index is 0.135. The van der Waals surface area contributed by atoms with Crippen molar-refractivity contribution in [3.05, 3.63) is 71.0 Å². The smallest absolute Gasteiger partial charge is 0.390 e. The van der Waals surface area contributed by atoms with Gasteiger partial charge in [0.05, 0.1) is 6.54 Å². The van der Waals surface area contributed by atoms with Crippen molar-refractivity contribution in [2.24, 2.45) is 0 Å². The van der Waals surface area contributed by atoms with Crippen LogP contribution in [-0.2, 0) is 11.3 Å². The molecule has 0 bridgehead atoms. The van der Waals surface area contributed by atoms with Gasteiger partial charge in [0, 0.05) is 17.2 Å². The lowest BCUT2D eigenvalue weighted by Crippen LogP contribution is -2.14. The minimum atomic E-state index is -0.675. The quantitative estimate of drug-likeness (QED) is 0.550. The third-order valence-corrected chi connectivity index (χ3v) is 3.51. The molecule has 1 aromatic heterocycles. The van der Waals surface area contributed by atoms with Crippen LogP contribution in [-0.4, -0.2) is 25.6 Å². The van der Waals surface area contributed by atoms with Crippen molar-refractivity contribution in [2.45, 2.75) is 13.0 Å². The lowest BCUT2D eigenvalue weighted by molar-refractivity contribution is -0.394. The van der Waals surface area contributed by atoms with Gasteiger partial charge in [0.2, 0.25) is 12.2 Å². The molecule has 8 nitrogen and oxygen atoms in total. The largest absolute Gasteiger partial charge is 0.490 e. The molecule has 0 aliphatic carbocycles. The molecule has 0 atom stereocenters. The molecular formula is C17H15N5O3. The van der Waals surface area contributed by atoms with E-state index in [1.807, 2.05) is 54.6 Å². The molecule has 0 aliphatic rings. The Hall–Kier alpha value is -3.55. The van der Waals surface area contributed by atoms with Crippen molar-refractivity contribution in [1.29, 1.82) is 0 Å². The molecule has 1 amide bonds. The highest BCUT2D eigenvalue weighted by molar-refractivity contribution is 5.91. The average Bonchev–Trinajstić information content (AvgIpc) is 3.10. The van der Waals surface area contributed by atoms with Crippen molar-refractivity contribution < 1.29 is 9.72 Å². The summed E-state index contributed by atoms with van der Waals surface area (Å²) in [6, 6.07) is 17.4. The SMILES string of the molecule is O=C(CCn1cnc([N+](=O)[O-])n1)Nc1cccc(-c2ccccc2)c1. The number of carbonyl (C=O) groups excluding carboxylic acids is 1. The van der Waals surface area contributed by atoms with Gasteiger partial charge in [0.25, 0.3) is 0 Å². The number of benzene rings is 2. The lowest BCUT2D eigenvalue weighted by Gasteiger charge is -2.07. The van der Waals surface area contributed by atoms with Crippen LogP contribution in [0.2, 0.25) is 0 Å². The molecule has 126 valence electrons. The Labute approximate surface area is 143 Å². The van der Waals surface area contributed by atoms with Gasteiger partial charge in [-0.2, -0.15) is 4.68 Å². The van der Waals surface area contributed by atoms with Crippen LogP contribution >= 0.6 is 0 Å². The minimum Gasteiger partial charge on any atom is -0.390 e. The number of amides is 1. The first-order chi connectivity index (χ1) is 12.1. The molecule has 1 heterocycles. The standard InChI is InChI=1S/C17H15N5O3/c23-16(9-10-21-12-18-17(20-21)22(24)25)19-15-8-4-7-14(11-15)13-5-2-1-3-6-13/h1-8,11-12H,9-10H2,(H,19,23). The van der Waals surface area contributed by atoms with Crippen LogP contribution in [0.1, 0.15) is 6.42 Å². The maximum absolute atomic E-state index is 12.1. The number of hydrogen-bond donors (Lipinski definition) is 1. The first kappa shape index (κ1) is 16.3. The lowest BCUT2D eigenvalue weighted by atomic mass is 10.1. The number of anilines is 1. The van der Waals surface area contributed by atoms with Crippen LogP contribution in [0.25, 0.3) is 11.1 Å². The van der Waals surface area contributed by atoms with Crippen LogP contribution < -0.4 is 5.32 Å². The number of nitrogens with one attached hydrogen (secondary N) is 1. The number of nitro groups is 1. The molecule has 1 N–H and O–H groups in total. The van der Waals surface area contributed by atoms with E-state index in [9.17, 15) is 14.9 Å². The number of nitrogens with zero attached hydrogens (tertiary/aromatic N) is 4. The number of carbonyl (C=O) groups is 1. The maximum Gasteiger partial charge on any atom is 0.490 e. The molecule has 2 aromatic carbocycles. The highest BCUT2D eigenvalue weighted by atomic mass is 16.6. The van der Waals surface area contributed by atoms with E-state index in [-0.39, 0.29) is 18.9 Å². The second-order valence-corrected chi connectivity index (χ2v) is 5.31. The van der Waals surface area contributed by atoms with Crippen molar-refractivity contribution in [3.63, 3.8) is 0 Å². The normalized spacial score (nSPS) is 10.4. The van der Waals surface area contributed by atoms with Crippen molar-refractivity contribution in [3.8, 4) is 11.1 Å². The van der Waals surface area contributed by atoms with Crippen LogP contribution in [0.5, 0.6) is 0 Å². The van der Waals surface area contributed by atoms with Crippen molar-refractivity contribution >= 4 is 17.5 Å². The van der Waals surface area contributed by atoms with Gasteiger partial charge < -0.3 is 15.4 Å². The molecule has 0 saturated heterocycles. The van der Waals surface area contributed by atoms with Gasteiger partial charge in [-0.3, -0.25) is 4.79 Å². The van der Waals surface area contributed by atoms with Gasteiger partial charge in [-0.15, -0.1) is 0 Å². The number of hydrogen-bond acceptors (Lipinski definition) is 5. The van der Waals surface area contributed by atoms with E-state index in [1.165, 1.54) is 11.0 Å². The second kappa shape index (κ2) is 7.35. The van der Waals surface area contributed by atoms with E-state index in [1.54, 1.807) is 0 Å². The van der Waals surface area contributed by atoms with Gasteiger partial charge >= 0.3 is 5.95 Å². The molecule has 0 unspecified atom stereocenters. The Bertz CT molecular complexity index is 892. The summed E-state index contributed by atoms with van der Waals surface area (Å²) in [5.74, 6) is -0.681. The maximum atomic E-state index is 12.1. The van der Waals surface area contributed by atoms with Crippen LogP contribution in [0, 0.1) is 10.1 Å². The fourth-order valence-electron chi connectivity index (χ4n) is 2.32. The van der Waals surface area contributed by atoms with Gasteiger partial charge in [0.1, 0.15) is 0 Å². The van der Waals surface area contributed by atoms with E-state index in [4.69, 9.17) is 0 Å². The molecule has 0 fully saturated rings. The zero-order chi connectivity index (χ0) is 17.6. The van der Waals surface area contributed by atoms with Crippen molar-refractivity contribution in [2.75, 3.05) is 5.32 Å². The summed E-state index contributed by atoms with van der Waals surface area (Å²) >= 11 is 0. The third-order valence-electron chi connectivity index (χ3n) is 3.51. The summed E-state index contributed by atoms with van der Waals surface area (Å²) in [6.45, 7) is 0.213. The summed E-state index contributed by atoms with van der Waals surface area (Å²) in [5.41, 5.74) is 2.76. The fraction of sp³-hybridized carbons (Fsp3) is 0.118. The van der Waals surface area contributed by atoms with E-state index in [2.05, 4.69) is 15.4 Å². The molecule has 25 heavy (non-hydrogen) atoms. The Morgan fingerprint density at radius 3 is 2.60 bits per heavy atom. The highest BCUT2D eigenvalue weighted by Gasteiger charge is 2.13. The Morgan fingerprint density at radius 2 is 1.88 bits per heavy atom. The van der Waals surface area contributed by atoms with Gasteiger partial charge in [0.15, 0.2) is 0 Å². The first-order valence-corrected chi connectivity index (χ1v) is 7.61. The zero-order valence-electron chi connectivity index (χ0n) is 13.2. The van der Waals surface area contributed by atoms with Crippen LogP contribution in [0.4, 0.5) is 11.6 Å². The molecule has 0 spiro atoms. The Balaban J connectivity index is 1.60. The number of rotatable bonds is 6. The number of aromatic nitrogens is 3. The monoisotopic (exact) mass is 337 g/mol. The molecule has 8 heteroatoms. The average molecular weight is 337 g/mol. The molecule has 0 radical (unpaired) electrons. The Morgan fingerprint density at radius 1 is 1.12 bits per heavy atom. The van der Waals surface area contributed by atoms with Crippen molar-refractivity contribution in [1.82, 2.24) is 14.8 Å². The summed E-state index contributed by atoms with van der Waals surface area (Å²) in [4.78, 5) is 25.5. The van der Waals surface area contributed by atoms with E-state index < -0.39 is 10.9 Å². The fourth-order valence-corrected chi connectivity index (χ4v) is 2.32. The molecule has 0 aliphatic heterocycles. The number of aryl methyl sites for hydroxylation is 1. The zero-order valence-corrected chi connectivity index (χ0v) is 13.2. The molecule has 3 aromatic rings. The predicted octanol–water partition coefficient (Wildman–Crippen LogP) is 2.88. The van der Waals surface area contributed by atoms with Gasteiger partial charge in [-0.25, -0.2) is 0 Å². The third kappa shape index (κ3) is 4.25. The summed E-state index contributed by atoms with van der Waals surface area (Å²) in [6.07, 6.45) is 1.37. The summed E-state index contributed by atoms with van der Waals surface area (Å²) in [5, 5.41) is 17.0. The molecule has 3 rings (SSSR count). The summed E-state index contributed by atoms with van der Waals surface area (Å²) in [7, 11) is 0. The van der Waals surface area contributed by atoms with E-state index >= 15 is 0 Å². The summed E-state index contributed by atoms with van der Waals surface area (Å²) < 4.78 is 1.28. The van der Waals surface area contributed by atoms with Gasteiger partial charge in [-0.1, -0.05) is 47.4 Å². The second-order valence-electron chi connectivity index (χ2n) is 5.31. The van der Waals surface area contributed by atoms with E-state index in [0.717, 1.165) is 11.1 Å². The molecular weight excluding hydrogens is 322 g/mol. The predicted molar refractivity (Wildman–Crippen MR) is 91.8 cm³/mol. The Kier molecular flexibility index (Phi) is 4.79. The van der Waals surface area contributed by atoms with Crippen LogP contribution in [0.15, 0.2) is 60.9 Å². The van der Waals surface area contributed by atoms with E-state index in [0.29, 0.717) is 5.69 Å².